The number of piperazine rings is 1. The highest BCUT2D eigenvalue weighted by molar-refractivity contribution is 5.85. The minimum Gasteiger partial charge on any atom is -0.465 e. The smallest absolute Gasteiger partial charge is 0.407 e. The Morgan fingerprint density at radius 3 is 2.08 bits per heavy atom. The van der Waals surface area contributed by atoms with Gasteiger partial charge in [-0.2, -0.15) is 0 Å². The molecule has 0 radical (unpaired) electrons. The number of methoxy groups -OCH3 is 2. The minimum absolute atomic E-state index is 0.231. The van der Waals surface area contributed by atoms with E-state index in [-0.39, 0.29) is 32.1 Å². The van der Waals surface area contributed by atoms with Gasteiger partial charge in [-0.3, -0.25) is 4.79 Å². The molecule has 0 aromatic carbocycles. The average molecular weight is 374 g/mol. The first-order chi connectivity index (χ1) is 12.4. The second-order valence-electron chi connectivity index (χ2n) is 5.70. The Morgan fingerprint density at radius 1 is 0.962 bits per heavy atom. The summed E-state index contributed by atoms with van der Waals surface area (Å²) in [5.41, 5.74) is 0. The van der Waals surface area contributed by atoms with Crippen molar-refractivity contribution in [2.75, 3.05) is 46.9 Å². The molecule has 0 aliphatic carbocycles. The van der Waals surface area contributed by atoms with Crippen molar-refractivity contribution in [3.63, 3.8) is 0 Å². The van der Waals surface area contributed by atoms with Gasteiger partial charge in [-0.15, -0.1) is 0 Å². The molecule has 0 saturated carbocycles. The molecule has 3 N–H and O–H groups in total. The Bertz CT molecular complexity index is 506. The first-order valence-electron chi connectivity index (χ1n) is 8.32. The predicted octanol–water partition coefficient (Wildman–Crippen LogP) is 0.0595. The fraction of sp³-hybridized carbons (Fsp3) is 0.733. The van der Waals surface area contributed by atoms with E-state index in [9.17, 15) is 19.2 Å². The van der Waals surface area contributed by atoms with Gasteiger partial charge >= 0.3 is 18.3 Å². The van der Waals surface area contributed by atoms with Gasteiger partial charge < -0.3 is 35.0 Å². The quantitative estimate of drug-likeness (QED) is 0.536. The molecule has 0 spiro atoms. The number of ether oxygens (including phenoxy) is 2. The van der Waals surface area contributed by atoms with E-state index < -0.39 is 24.3 Å². The molecular formula is C15H26N4O7. The maximum atomic E-state index is 12.6. The molecule has 1 atom stereocenters. The van der Waals surface area contributed by atoms with Crippen molar-refractivity contribution in [3.05, 3.63) is 0 Å². The van der Waals surface area contributed by atoms with Crippen LogP contribution in [0.1, 0.15) is 19.3 Å². The van der Waals surface area contributed by atoms with Crippen LogP contribution >= 0.6 is 0 Å². The number of hydrogen-bond acceptors (Lipinski definition) is 6. The highest BCUT2D eigenvalue weighted by Gasteiger charge is 2.29. The highest BCUT2D eigenvalue weighted by Crippen LogP contribution is 2.09. The van der Waals surface area contributed by atoms with E-state index in [0.717, 1.165) is 0 Å². The van der Waals surface area contributed by atoms with Crippen molar-refractivity contribution in [1.82, 2.24) is 20.4 Å². The Morgan fingerprint density at radius 2 is 1.54 bits per heavy atom. The maximum absolute atomic E-state index is 12.6. The third kappa shape index (κ3) is 7.03. The van der Waals surface area contributed by atoms with Crippen LogP contribution in [0.4, 0.5) is 14.4 Å². The third-order valence-corrected chi connectivity index (χ3v) is 4.01. The van der Waals surface area contributed by atoms with Crippen molar-refractivity contribution in [2.45, 2.75) is 25.3 Å². The minimum atomic E-state index is -1.01. The number of rotatable bonds is 7. The van der Waals surface area contributed by atoms with Crippen molar-refractivity contribution < 1.29 is 33.8 Å². The largest absolute Gasteiger partial charge is 0.465 e. The molecule has 1 rings (SSSR count). The molecule has 11 heteroatoms. The molecule has 1 saturated heterocycles. The summed E-state index contributed by atoms with van der Waals surface area (Å²) in [6, 6.07) is -0.767. The Balaban J connectivity index is 2.51. The van der Waals surface area contributed by atoms with E-state index in [1.165, 1.54) is 24.0 Å². The molecule has 0 bridgehead atoms. The van der Waals surface area contributed by atoms with E-state index in [2.05, 4.69) is 20.1 Å². The van der Waals surface area contributed by atoms with Crippen LogP contribution < -0.4 is 10.6 Å². The number of carbonyl (C=O) groups is 4. The lowest BCUT2D eigenvalue weighted by molar-refractivity contribution is -0.135. The van der Waals surface area contributed by atoms with Gasteiger partial charge in [0.15, 0.2) is 0 Å². The lowest BCUT2D eigenvalue weighted by atomic mass is 10.1. The summed E-state index contributed by atoms with van der Waals surface area (Å²) >= 11 is 0. The standard InChI is InChI=1S/C15H26N4O7/c1-25-13(21)16-6-4-3-5-11(17-14(22)26-2)12(20)18-7-9-19(10-8-18)15(23)24/h11H,3-10H2,1-2H3,(H,16,21)(H,17,22)(H,23,24). The van der Waals surface area contributed by atoms with Gasteiger partial charge in [-0.25, -0.2) is 14.4 Å². The number of alkyl carbamates (subject to hydrolysis) is 2. The lowest BCUT2D eigenvalue weighted by Gasteiger charge is -2.35. The zero-order valence-electron chi connectivity index (χ0n) is 15.0. The van der Waals surface area contributed by atoms with Gasteiger partial charge in [0.2, 0.25) is 5.91 Å². The van der Waals surface area contributed by atoms with E-state index in [1.807, 2.05) is 0 Å². The fourth-order valence-electron chi connectivity index (χ4n) is 2.53. The third-order valence-electron chi connectivity index (χ3n) is 4.01. The summed E-state index contributed by atoms with van der Waals surface area (Å²) in [4.78, 5) is 48.8. The molecule has 1 fully saturated rings. The molecule has 1 aliphatic rings. The Kier molecular flexibility index (Phi) is 9.02. The van der Waals surface area contributed by atoms with Crippen LogP contribution in [0.3, 0.4) is 0 Å². The molecule has 1 aliphatic heterocycles. The van der Waals surface area contributed by atoms with Gasteiger partial charge in [-0.1, -0.05) is 0 Å². The van der Waals surface area contributed by atoms with E-state index in [0.29, 0.717) is 25.8 Å². The zero-order chi connectivity index (χ0) is 19.5. The van der Waals surface area contributed by atoms with Crippen LogP contribution in [0, 0.1) is 0 Å². The number of hydrogen-bond donors (Lipinski definition) is 3. The topological polar surface area (TPSA) is 138 Å². The molecule has 148 valence electrons. The average Bonchev–Trinajstić information content (AvgIpc) is 2.65. The summed E-state index contributed by atoms with van der Waals surface area (Å²) in [6.45, 7) is 1.40. The fourth-order valence-corrected chi connectivity index (χ4v) is 2.53. The van der Waals surface area contributed by atoms with Crippen LogP contribution in [-0.4, -0.2) is 92.1 Å². The van der Waals surface area contributed by atoms with Crippen LogP contribution in [-0.2, 0) is 14.3 Å². The molecule has 1 unspecified atom stereocenters. The molecular weight excluding hydrogens is 348 g/mol. The number of nitrogens with zero attached hydrogens (tertiary/aromatic N) is 2. The first-order valence-corrected chi connectivity index (χ1v) is 8.32. The molecule has 4 amide bonds. The monoisotopic (exact) mass is 374 g/mol. The van der Waals surface area contributed by atoms with Crippen LogP contribution in [0.15, 0.2) is 0 Å². The number of unbranched alkanes of at least 4 members (excludes halogenated alkanes) is 1. The van der Waals surface area contributed by atoms with Gasteiger partial charge in [0, 0.05) is 32.7 Å². The van der Waals surface area contributed by atoms with Crippen molar-refractivity contribution in [1.29, 1.82) is 0 Å². The zero-order valence-corrected chi connectivity index (χ0v) is 15.0. The number of amides is 4. The van der Waals surface area contributed by atoms with Gasteiger partial charge in [0.1, 0.15) is 6.04 Å². The lowest BCUT2D eigenvalue weighted by Crippen LogP contribution is -2.55. The Labute approximate surface area is 151 Å². The second kappa shape index (κ2) is 11.0. The SMILES string of the molecule is COC(=O)NCCCCC(NC(=O)OC)C(=O)N1CCN(C(=O)O)CC1. The van der Waals surface area contributed by atoms with Gasteiger partial charge in [-0.05, 0) is 19.3 Å². The summed E-state index contributed by atoms with van der Waals surface area (Å²) in [5.74, 6) is -0.277. The normalized spacial score (nSPS) is 15.0. The molecule has 1 heterocycles. The molecule has 11 nitrogen and oxygen atoms in total. The number of carbonyl (C=O) groups excluding carboxylic acids is 3. The second-order valence-corrected chi connectivity index (χ2v) is 5.70. The summed E-state index contributed by atoms with van der Waals surface area (Å²) in [5, 5.41) is 14.0. The van der Waals surface area contributed by atoms with Gasteiger partial charge in [0.25, 0.3) is 0 Å². The van der Waals surface area contributed by atoms with Crippen molar-refractivity contribution in [2.24, 2.45) is 0 Å². The predicted molar refractivity (Wildman–Crippen MR) is 89.8 cm³/mol. The van der Waals surface area contributed by atoms with E-state index >= 15 is 0 Å². The van der Waals surface area contributed by atoms with Crippen molar-refractivity contribution >= 4 is 24.2 Å². The van der Waals surface area contributed by atoms with E-state index in [1.54, 1.807) is 0 Å². The van der Waals surface area contributed by atoms with E-state index in [4.69, 9.17) is 5.11 Å². The Hall–Kier alpha value is -2.72. The molecule has 26 heavy (non-hydrogen) atoms. The number of nitrogens with one attached hydrogen (secondary N) is 2. The summed E-state index contributed by atoms with van der Waals surface area (Å²) in [6.07, 6.45) is -0.689. The van der Waals surface area contributed by atoms with Crippen LogP contribution in [0.2, 0.25) is 0 Å². The first kappa shape index (κ1) is 21.3. The summed E-state index contributed by atoms with van der Waals surface area (Å²) in [7, 11) is 2.48. The van der Waals surface area contributed by atoms with Crippen LogP contribution in [0.5, 0.6) is 0 Å². The number of carboxylic acid groups (broad SMARTS) is 1. The molecule has 0 aromatic heterocycles. The maximum Gasteiger partial charge on any atom is 0.407 e. The van der Waals surface area contributed by atoms with Gasteiger partial charge in [0.05, 0.1) is 14.2 Å². The highest BCUT2D eigenvalue weighted by atomic mass is 16.5. The summed E-state index contributed by atoms with van der Waals surface area (Å²) < 4.78 is 9.02. The molecule has 0 aromatic rings. The van der Waals surface area contributed by atoms with Crippen molar-refractivity contribution in [3.8, 4) is 0 Å². The van der Waals surface area contributed by atoms with Crippen LogP contribution in [0.25, 0.3) is 0 Å².